The molecule has 1 amide bonds. The highest BCUT2D eigenvalue weighted by Crippen LogP contribution is 2.21. The van der Waals surface area contributed by atoms with E-state index in [2.05, 4.69) is 20.5 Å². The molecule has 0 saturated carbocycles. The van der Waals surface area contributed by atoms with Crippen molar-refractivity contribution in [3.8, 4) is 5.69 Å². The van der Waals surface area contributed by atoms with Gasteiger partial charge in [0.2, 0.25) is 0 Å². The van der Waals surface area contributed by atoms with Crippen LogP contribution in [0.4, 0.5) is 11.5 Å². The number of amides is 1. The fraction of sp³-hybridized carbons (Fsp3) is 0.100. The second kappa shape index (κ2) is 7.95. The Morgan fingerprint density at radius 3 is 2.50 bits per heavy atom. The fourth-order valence-corrected chi connectivity index (χ4v) is 2.95. The van der Waals surface area contributed by atoms with Gasteiger partial charge >= 0.3 is 0 Å². The summed E-state index contributed by atoms with van der Waals surface area (Å²) in [5.41, 5.74) is 2.77. The number of hydrogen-bond acceptors (Lipinski definition) is 6. The zero-order valence-electron chi connectivity index (χ0n) is 16.0. The van der Waals surface area contributed by atoms with Gasteiger partial charge in [0, 0.05) is 23.8 Å². The lowest BCUT2D eigenvalue weighted by atomic mass is 10.1. The molecule has 0 aliphatic rings. The molecule has 0 bridgehead atoms. The Bertz CT molecular complexity index is 1180. The molecule has 0 spiro atoms. The molecule has 0 saturated heterocycles. The van der Waals surface area contributed by atoms with Crippen molar-refractivity contribution in [2.24, 2.45) is 0 Å². The number of hydrogen-bond donors (Lipinski definition) is 1. The smallest absolute Gasteiger partial charge is 0.269 e. The fourth-order valence-electron chi connectivity index (χ4n) is 2.95. The molecule has 1 N–H and O–H groups in total. The Hall–Kier alpha value is -4.34. The summed E-state index contributed by atoms with van der Waals surface area (Å²) in [4.78, 5) is 27.0. The van der Waals surface area contributed by atoms with Crippen LogP contribution in [0, 0.1) is 17.0 Å². The molecule has 2 aromatic heterocycles. The van der Waals surface area contributed by atoms with Crippen molar-refractivity contribution in [3.63, 3.8) is 0 Å². The summed E-state index contributed by atoms with van der Waals surface area (Å²) in [5.74, 6) is 0.184. The standard InChI is InChI=1S/C20H17N7O3/c1-14-10-19(26(24-14)17-6-8-18(9-7-17)27(29)30)23-20(28)16-4-2-15(3-5-16)11-25-13-21-12-22-25/h2-10,12-13H,11H2,1H3,(H,23,28). The summed E-state index contributed by atoms with van der Waals surface area (Å²) in [6.45, 7) is 2.37. The quantitative estimate of drug-likeness (QED) is 0.390. The average molecular weight is 403 g/mol. The normalized spacial score (nSPS) is 10.7. The molecule has 10 nitrogen and oxygen atoms in total. The number of aromatic nitrogens is 5. The minimum atomic E-state index is -0.465. The van der Waals surface area contributed by atoms with Crippen molar-refractivity contribution in [1.29, 1.82) is 0 Å². The third kappa shape index (κ3) is 4.07. The first-order valence-corrected chi connectivity index (χ1v) is 9.04. The second-order valence-electron chi connectivity index (χ2n) is 6.60. The van der Waals surface area contributed by atoms with Gasteiger partial charge in [0.25, 0.3) is 11.6 Å². The molecule has 0 atom stereocenters. The number of rotatable bonds is 6. The van der Waals surface area contributed by atoms with Crippen molar-refractivity contribution in [2.75, 3.05) is 5.32 Å². The topological polar surface area (TPSA) is 121 Å². The van der Waals surface area contributed by atoms with Gasteiger partial charge < -0.3 is 5.32 Å². The van der Waals surface area contributed by atoms with E-state index in [1.165, 1.54) is 23.1 Å². The summed E-state index contributed by atoms with van der Waals surface area (Å²) in [5, 5.41) is 22.1. The molecule has 2 heterocycles. The second-order valence-corrected chi connectivity index (χ2v) is 6.60. The lowest BCUT2D eigenvalue weighted by Crippen LogP contribution is -2.15. The number of nitro benzene ring substituents is 1. The van der Waals surface area contributed by atoms with Crippen LogP contribution in [0.15, 0.2) is 67.3 Å². The maximum absolute atomic E-state index is 12.7. The predicted octanol–water partition coefficient (Wildman–Crippen LogP) is 2.98. The summed E-state index contributed by atoms with van der Waals surface area (Å²) in [7, 11) is 0. The summed E-state index contributed by atoms with van der Waals surface area (Å²) >= 11 is 0. The van der Waals surface area contributed by atoms with Crippen LogP contribution in [0.25, 0.3) is 5.69 Å². The van der Waals surface area contributed by atoms with Crippen LogP contribution in [0.3, 0.4) is 0 Å². The van der Waals surface area contributed by atoms with Crippen LogP contribution in [-0.2, 0) is 6.54 Å². The Kier molecular flexibility index (Phi) is 5.04. The predicted molar refractivity (Wildman–Crippen MR) is 108 cm³/mol. The Morgan fingerprint density at radius 1 is 1.13 bits per heavy atom. The molecule has 0 unspecified atom stereocenters. The third-order valence-corrected chi connectivity index (χ3v) is 4.41. The van der Waals surface area contributed by atoms with E-state index in [0.717, 1.165) is 5.56 Å². The Labute approximate surface area is 170 Å². The van der Waals surface area contributed by atoms with E-state index in [-0.39, 0.29) is 11.6 Å². The van der Waals surface area contributed by atoms with Gasteiger partial charge in [0.15, 0.2) is 0 Å². The van der Waals surface area contributed by atoms with E-state index < -0.39 is 4.92 Å². The van der Waals surface area contributed by atoms with E-state index in [1.54, 1.807) is 48.3 Å². The zero-order valence-corrected chi connectivity index (χ0v) is 16.0. The SMILES string of the molecule is Cc1cc(NC(=O)c2ccc(Cn3cncn3)cc2)n(-c2ccc([N+](=O)[O-])cc2)n1. The number of nitrogens with one attached hydrogen (secondary N) is 1. The first-order valence-electron chi connectivity index (χ1n) is 9.04. The van der Waals surface area contributed by atoms with Crippen LogP contribution in [0.2, 0.25) is 0 Å². The molecule has 0 radical (unpaired) electrons. The molecule has 0 fully saturated rings. The average Bonchev–Trinajstić information content (AvgIpc) is 3.38. The van der Waals surface area contributed by atoms with Gasteiger partial charge in [-0.15, -0.1) is 0 Å². The van der Waals surface area contributed by atoms with Crippen LogP contribution >= 0.6 is 0 Å². The van der Waals surface area contributed by atoms with Gasteiger partial charge in [-0.2, -0.15) is 10.2 Å². The minimum Gasteiger partial charge on any atom is -0.306 e. The van der Waals surface area contributed by atoms with Crippen molar-refractivity contribution in [1.82, 2.24) is 24.5 Å². The van der Waals surface area contributed by atoms with Gasteiger partial charge in [0.1, 0.15) is 18.5 Å². The van der Waals surface area contributed by atoms with Crippen LogP contribution < -0.4 is 5.32 Å². The highest BCUT2D eigenvalue weighted by atomic mass is 16.6. The maximum atomic E-state index is 12.7. The first-order chi connectivity index (χ1) is 14.5. The first kappa shape index (κ1) is 19.0. The molecule has 4 rings (SSSR count). The number of carbonyl (C=O) groups excluding carboxylic acids is 1. The molecule has 2 aromatic carbocycles. The molecular formula is C20H17N7O3. The molecule has 10 heteroatoms. The van der Waals surface area contributed by atoms with Crippen LogP contribution in [0.5, 0.6) is 0 Å². The number of non-ortho nitro benzene ring substituents is 1. The third-order valence-electron chi connectivity index (χ3n) is 4.41. The monoisotopic (exact) mass is 403 g/mol. The molecule has 0 aliphatic carbocycles. The Balaban J connectivity index is 1.51. The van der Waals surface area contributed by atoms with Gasteiger partial charge in [0.05, 0.1) is 22.8 Å². The van der Waals surface area contributed by atoms with Crippen molar-refractivity contribution < 1.29 is 9.72 Å². The summed E-state index contributed by atoms with van der Waals surface area (Å²) in [6.07, 6.45) is 3.10. The lowest BCUT2D eigenvalue weighted by Gasteiger charge is -2.09. The number of carbonyl (C=O) groups is 1. The number of nitro groups is 1. The minimum absolute atomic E-state index is 0.0146. The zero-order chi connectivity index (χ0) is 21.1. The van der Waals surface area contributed by atoms with Gasteiger partial charge in [-0.05, 0) is 36.8 Å². The van der Waals surface area contributed by atoms with Crippen molar-refractivity contribution >= 4 is 17.4 Å². The van der Waals surface area contributed by atoms with E-state index >= 15 is 0 Å². The largest absolute Gasteiger partial charge is 0.306 e. The Morgan fingerprint density at radius 2 is 1.87 bits per heavy atom. The van der Waals surface area contributed by atoms with E-state index in [9.17, 15) is 14.9 Å². The van der Waals surface area contributed by atoms with E-state index in [4.69, 9.17) is 0 Å². The molecule has 4 aromatic rings. The van der Waals surface area contributed by atoms with Gasteiger partial charge in [-0.1, -0.05) is 12.1 Å². The maximum Gasteiger partial charge on any atom is 0.269 e. The van der Waals surface area contributed by atoms with Gasteiger partial charge in [-0.25, -0.2) is 14.3 Å². The number of benzene rings is 2. The molecular weight excluding hydrogens is 386 g/mol. The number of nitrogens with zero attached hydrogens (tertiary/aromatic N) is 6. The molecule has 0 aliphatic heterocycles. The summed E-state index contributed by atoms with van der Waals surface area (Å²) < 4.78 is 3.23. The number of aryl methyl sites for hydroxylation is 1. The van der Waals surface area contributed by atoms with Gasteiger partial charge in [-0.3, -0.25) is 14.9 Å². The van der Waals surface area contributed by atoms with Crippen LogP contribution in [0.1, 0.15) is 21.6 Å². The molecule has 150 valence electrons. The van der Waals surface area contributed by atoms with Crippen molar-refractivity contribution in [3.05, 3.63) is 94.2 Å². The van der Waals surface area contributed by atoms with E-state index in [1.807, 2.05) is 12.1 Å². The highest BCUT2D eigenvalue weighted by molar-refractivity contribution is 6.04. The highest BCUT2D eigenvalue weighted by Gasteiger charge is 2.14. The van der Waals surface area contributed by atoms with Crippen molar-refractivity contribution in [2.45, 2.75) is 13.5 Å². The van der Waals surface area contributed by atoms with Crippen LogP contribution in [-0.4, -0.2) is 35.4 Å². The number of anilines is 1. The summed E-state index contributed by atoms with van der Waals surface area (Å²) in [6, 6.07) is 14.9. The molecule has 30 heavy (non-hydrogen) atoms. The lowest BCUT2D eigenvalue weighted by molar-refractivity contribution is -0.384. The van der Waals surface area contributed by atoms with E-state index in [0.29, 0.717) is 29.3 Å².